The summed E-state index contributed by atoms with van der Waals surface area (Å²) in [6.07, 6.45) is 3.28. The fourth-order valence-corrected chi connectivity index (χ4v) is 1.97. The van der Waals surface area contributed by atoms with E-state index in [0.29, 0.717) is 0 Å². The lowest BCUT2D eigenvalue weighted by atomic mass is 10.2. The molecule has 0 atom stereocenters. The molecule has 3 nitrogen and oxygen atoms in total. The minimum absolute atomic E-state index is 0.278. The Morgan fingerprint density at radius 2 is 2.19 bits per heavy atom. The van der Waals surface area contributed by atoms with Crippen molar-refractivity contribution in [1.29, 1.82) is 0 Å². The Bertz CT molecular complexity index is 466. The summed E-state index contributed by atoms with van der Waals surface area (Å²) >= 11 is 0. The van der Waals surface area contributed by atoms with Crippen molar-refractivity contribution in [2.24, 2.45) is 0 Å². The van der Waals surface area contributed by atoms with Gasteiger partial charge >= 0.3 is 0 Å². The second kappa shape index (κ2) is 4.39. The third-order valence-corrected chi connectivity index (χ3v) is 2.61. The second-order valence-corrected chi connectivity index (χ2v) is 4.09. The standard InChI is InChI=1S/C13H15NO2/c1-10(2)14-11(5-6-12(14)9-15)8-13-4-3-7-16-13/h3-7,9-10H,8H2,1-2H3. The zero-order valence-electron chi connectivity index (χ0n) is 9.51. The molecule has 0 N–H and O–H groups in total. The number of carbonyl (C=O) groups is 1. The molecule has 84 valence electrons. The lowest BCUT2D eigenvalue weighted by molar-refractivity contribution is 0.111. The van der Waals surface area contributed by atoms with Gasteiger partial charge in [-0.3, -0.25) is 4.79 Å². The van der Waals surface area contributed by atoms with E-state index < -0.39 is 0 Å². The van der Waals surface area contributed by atoms with Crippen LogP contribution >= 0.6 is 0 Å². The molecule has 0 saturated heterocycles. The van der Waals surface area contributed by atoms with E-state index >= 15 is 0 Å². The van der Waals surface area contributed by atoms with Crippen molar-refractivity contribution in [2.75, 3.05) is 0 Å². The largest absolute Gasteiger partial charge is 0.469 e. The Kier molecular flexibility index (Phi) is 2.95. The van der Waals surface area contributed by atoms with Crippen LogP contribution in [0.3, 0.4) is 0 Å². The van der Waals surface area contributed by atoms with Crippen molar-refractivity contribution in [3.63, 3.8) is 0 Å². The van der Waals surface area contributed by atoms with E-state index in [9.17, 15) is 4.79 Å². The first kappa shape index (κ1) is 10.7. The Balaban J connectivity index is 2.34. The third-order valence-electron chi connectivity index (χ3n) is 2.61. The summed E-state index contributed by atoms with van der Waals surface area (Å²) in [5.41, 5.74) is 1.82. The van der Waals surface area contributed by atoms with Gasteiger partial charge < -0.3 is 8.98 Å². The molecule has 2 heterocycles. The van der Waals surface area contributed by atoms with Crippen molar-refractivity contribution in [3.8, 4) is 0 Å². The fourth-order valence-electron chi connectivity index (χ4n) is 1.97. The monoisotopic (exact) mass is 217 g/mol. The van der Waals surface area contributed by atoms with Crippen LogP contribution in [0, 0.1) is 0 Å². The summed E-state index contributed by atoms with van der Waals surface area (Å²) in [6.45, 7) is 4.14. The molecule has 0 fully saturated rings. The Hall–Kier alpha value is -1.77. The second-order valence-electron chi connectivity index (χ2n) is 4.09. The third kappa shape index (κ3) is 1.94. The number of nitrogens with zero attached hydrogens (tertiary/aromatic N) is 1. The van der Waals surface area contributed by atoms with Crippen molar-refractivity contribution < 1.29 is 9.21 Å². The molecule has 0 saturated carbocycles. The smallest absolute Gasteiger partial charge is 0.166 e. The van der Waals surface area contributed by atoms with Gasteiger partial charge in [-0.2, -0.15) is 0 Å². The number of aromatic nitrogens is 1. The molecule has 0 aliphatic carbocycles. The number of rotatable bonds is 4. The average Bonchev–Trinajstić information content (AvgIpc) is 2.87. The predicted molar refractivity (Wildman–Crippen MR) is 61.7 cm³/mol. The lowest BCUT2D eigenvalue weighted by Gasteiger charge is -2.14. The van der Waals surface area contributed by atoms with Gasteiger partial charge in [0.1, 0.15) is 5.76 Å². The molecule has 2 aromatic heterocycles. The van der Waals surface area contributed by atoms with Crippen molar-refractivity contribution in [1.82, 2.24) is 4.57 Å². The molecule has 2 aromatic rings. The van der Waals surface area contributed by atoms with Crippen LogP contribution in [-0.4, -0.2) is 10.9 Å². The fraction of sp³-hybridized carbons (Fsp3) is 0.308. The van der Waals surface area contributed by atoms with E-state index in [-0.39, 0.29) is 6.04 Å². The molecule has 2 rings (SSSR count). The van der Waals surface area contributed by atoms with Crippen LogP contribution in [0.25, 0.3) is 0 Å². The molecule has 16 heavy (non-hydrogen) atoms. The lowest BCUT2D eigenvalue weighted by Crippen LogP contribution is -2.09. The first-order valence-corrected chi connectivity index (χ1v) is 5.40. The summed E-state index contributed by atoms with van der Waals surface area (Å²) in [7, 11) is 0. The van der Waals surface area contributed by atoms with Crippen LogP contribution in [0.5, 0.6) is 0 Å². The van der Waals surface area contributed by atoms with E-state index in [2.05, 4.69) is 13.8 Å². The number of carbonyl (C=O) groups excluding carboxylic acids is 1. The van der Waals surface area contributed by atoms with Crippen molar-refractivity contribution >= 4 is 6.29 Å². The van der Waals surface area contributed by atoms with Gasteiger partial charge in [0.15, 0.2) is 6.29 Å². The summed E-state index contributed by atoms with van der Waals surface area (Å²) in [5.74, 6) is 0.914. The van der Waals surface area contributed by atoms with Crippen LogP contribution in [0.15, 0.2) is 34.9 Å². The van der Waals surface area contributed by atoms with Gasteiger partial charge in [0.2, 0.25) is 0 Å². The van der Waals surface area contributed by atoms with E-state index in [4.69, 9.17) is 4.42 Å². The molecule has 0 unspecified atom stereocenters. The topological polar surface area (TPSA) is 35.1 Å². The molecule has 0 radical (unpaired) electrons. The van der Waals surface area contributed by atoms with Crippen LogP contribution in [-0.2, 0) is 6.42 Å². The van der Waals surface area contributed by atoms with Gasteiger partial charge in [-0.15, -0.1) is 0 Å². The molecular formula is C13H15NO2. The van der Waals surface area contributed by atoms with Crippen LogP contribution in [0.4, 0.5) is 0 Å². The number of hydrogen-bond donors (Lipinski definition) is 0. The van der Waals surface area contributed by atoms with Gasteiger partial charge in [0.05, 0.1) is 12.0 Å². The average molecular weight is 217 g/mol. The summed E-state index contributed by atoms with van der Waals surface area (Å²) in [6, 6.07) is 7.93. The molecule has 0 aromatic carbocycles. The molecule has 0 spiro atoms. The highest BCUT2D eigenvalue weighted by Gasteiger charge is 2.11. The SMILES string of the molecule is CC(C)n1c(C=O)ccc1Cc1ccco1. The molecule has 0 bridgehead atoms. The van der Waals surface area contributed by atoms with Gasteiger partial charge in [-0.1, -0.05) is 0 Å². The summed E-state index contributed by atoms with van der Waals surface area (Å²) in [5, 5.41) is 0. The van der Waals surface area contributed by atoms with E-state index in [1.807, 2.05) is 28.8 Å². The quantitative estimate of drug-likeness (QED) is 0.738. The van der Waals surface area contributed by atoms with E-state index in [1.54, 1.807) is 6.26 Å². The summed E-state index contributed by atoms with van der Waals surface area (Å²) in [4.78, 5) is 10.9. The van der Waals surface area contributed by atoms with Gasteiger partial charge in [-0.25, -0.2) is 0 Å². The van der Waals surface area contributed by atoms with Crippen molar-refractivity contribution in [3.05, 3.63) is 47.7 Å². The minimum atomic E-state index is 0.278. The predicted octanol–water partition coefficient (Wildman–Crippen LogP) is 3.07. The van der Waals surface area contributed by atoms with Crippen LogP contribution in [0.2, 0.25) is 0 Å². The minimum Gasteiger partial charge on any atom is -0.469 e. The Labute approximate surface area is 94.7 Å². The molecule has 3 heteroatoms. The van der Waals surface area contributed by atoms with Crippen LogP contribution < -0.4 is 0 Å². The first-order valence-electron chi connectivity index (χ1n) is 5.40. The van der Waals surface area contributed by atoms with Gasteiger partial charge in [0, 0.05) is 18.2 Å². The maximum Gasteiger partial charge on any atom is 0.166 e. The zero-order chi connectivity index (χ0) is 11.5. The number of furan rings is 1. The molecule has 0 aliphatic rings. The highest BCUT2D eigenvalue weighted by atomic mass is 16.3. The first-order chi connectivity index (χ1) is 7.72. The summed E-state index contributed by atoms with van der Waals surface area (Å²) < 4.78 is 7.35. The highest BCUT2D eigenvalue weighted by Crippen LogP contribution is 2.18. The number of aldehydes is 1. The maximum atomic E-state index is 10.9. The maximum absolute atomic E-state index is 10.9. The molecular weight excluding hydrogens is 202 g/mol. The van der Waals surface area contributed by atoms with Gasteiger partial charge in [-0.05, 0) is 38.1 Å². The van der Waals surface area contributed by atoms with E-state index in [0.717, 1.165) is 29.9 Å². The normalized spacial score (nSPS) is 10.9. The Morgan fingerprint density at radius 3 is 2.75 bits per heavy atom. The van der Waals surface area contributed by atoms with E-state index in [1.165, 1.54) is 0 Å². The zero-order valence-corrected chi connectivity index (χ0v) is 9.51. The Morgan fingerprint density at radius 1 is 1.38 bits per heavy atom. The molecule has 0 amide bonds. The molecule has 0 aliphatic heterocycles. The van der Waals surface area contributed by atoms with Crippen molar-refractivity contribution in [2.45, 2.75) is 26.3 Å². The van der Waals surface area contributed by atoms with Gasteiger partial charge in [0.25, 0.3) is 0 Å². The number of hydrogen-bond acceptors (Lipinski definition) is 2. The highest BCUT2D eigenvalue weighted by molar-refractivity contribution is 5.72. The van der Waals surface area contributed by atoms with Crippen LogP contribution in [0.1, 0.15) is 41.8 Å².